The number of methoxy groups -OCH3 is 2. The molecular weight excluding hydrogens is 132 g/mol. The maximum atomic E-state index is 5.21. The van der Waals surface area contributed by atoms with Crippen molar-refractivity contribution in [1.29, 1.82) is 0 Å². The maximum absolute atomic E-state index is 5.21. The molecule has 0 saturated heterocycles. The van der Waals surface area contributed by atoms with E-state index in [1.807, 2.05) is 6.08 Å². The monoisotopic (exact) mass is 144 g/mol. The van der Waals surface area contributed by atoms with E-state index in [2.05, 4.69) is 0 Å². The molecule has 0 unspecified atom stereocenters. The summed E-state index contributed by atoms with van der Waals surface area (Å²) >= 11 is 0. The van der Waals surface area contributed by atoms with Crippen molar-refractivity contribution in [3.63, 3.8) is 0 Å². The molecule has 0 fully saturated rings. The first-order chi connectivity index (χ1) is 4.88. The fourth-order valence-electron chi connectivity index (χ4n) is 0.930. The Balaban J connectivity index is 2.44. The maximum Gasteiger partial charge on any atom is 0.215 e. The zero-order valence-electron chi connectivity index (χ0n) is 6.29. The second-order valence-electron chi connectivity index (χ2n) is 2.05. The van der Waals surface area contributed by atoms with Gasteiger partial charge in [-0.2, -0.15) is 0 Å². The molecule has 0 aromatic heterocycles. The Kier molecular flexibility index (Phi) is 2.71. The average molecular weight is 144 g/mol. The summed E-state index contributed by atoms with van der Waals surface area (Å²) in [6.45, 7) is 0.749. The Bertz CT molecular complexity index is 127. The van der Waals surface area contributed by atoms with E-state index in [1.54, 1.807) is 14.2 Å². The van der Waals surface area contributed by atoms with Crippen molar-refractivity contribution < 1.29 is 14.2 Å². The molecule has 0 N–H and O–H groups in total. The van der Waals surface area contributed by atoms with Gasteiger partial charge in [-0.25, -0.2) is 0 Å². The minimum absolute atomic E-state index is 0.317. The average Bonchev–Trinajstić information content (AvgIpc) is 2.43. The fraction of sp³-hybridized carbons (Fsp3) is 0.714. The highest BCUT2D eigenvalue weighted by Gasteiger charge is 2.16. The second-order valence-corrected chi connectivity index (χ2v) is 2.05. The van der Waals surface area contributed by atoms with Gasteiger partial charge in [0.1, 0.15) is 5.76 Å². The van der Waals surface area contributed by atoms with Crippen LogP contribution in [0.1, 0.15) is 6.42 Å². The third kappa shape index (κ3) is 1.49. The third-order valence-corrected chi connectivity index (χ3v) is 1.39. The lowest BCUT2D eigenvalue weighted by atomic mass is 10.4. The molecule has 1 aliphatic heterocycles. The van der Waals surface area contributed by atoms with Crippen molar-refractivity contribution in [1.82, 2.24) is 0 Å². The molecule has 10 heavy (non-hydrogen) atoms. The van der Waals surface area contributed by atoms with Gasteiger partial charge >= 0.3 is 0 Å². The van der Waals surface area contributed by atoms with Crippen molar-refractivity contribution in [2.75, 3.05) is 20.8 Å². The predicted molar refractivity (Wildman–Crippen MR) is 36.5 cm³/mol. The van der Waals surface area contributed by atoms with Crippen LogP contribution in [0.15, 0.2) is 11.8 Å². The van der Waals surface area contributed by atoms with Crippen LogP contribution in [0.4, 0.5) is 0 Å². The van der Waals surface area contributed by atoms with E-state index in [-0.39, 0.29) is 6.29 Å². The molecule has 0 aromatic carbocycles. The summed E-state index contributed by atoms with van der Waals surface area (Å²) in [7, 11) is 3.19. The van der Waals surface area contributed by atoms with Gasteiger partial charge in [0.15, 0.2) is 0 Å². The highest BCUT2D eigenvalue weighted by Crippen LogP contribution is 2.15. The Morgan fingerprint density at radius 3 is 2.60 bits per heavy atom. The highest BCUT2D eigenvalue weighted by atomic mass is 16.7. The van der Waals surface area contributed by atoms with Gasteiger partial charge in [-0.05, 0) is 6.08 Å². The van der Waals surface area contributed by atoms with Crippen LogP contribution in [-0.4, -0.2) is 27.1 Å². The van der Waals surface area contributed by atoms with Crippen molar-refractivity contribution in [2.24, 2.45) is 0 Å². The van der Waals surface area contributed by atoms with Crippen LogP contribution in [0.2, 0.25) is 0 Å². The molecule has 0 amide bonds. The predicted octanol–water partition coefficient (Wildman–Crippen LogP) is 0.909. The molecule has 0 aliphatic carbocycles. The molecule has 0 bridgehead atoms. The highest BCUT2D eigenvalue weighted by molar-refractivity contribution is 5.01. The normalized spacial score (nSPS) is 17.3. The zero-order valence-corrected chi connectivity index (χ0v) is 6.29. The first-order valence-electron chi connectivity index (χ1n) is 3.27. The molecule has 0 atom stereocenters. The Labute approximate surface area is 60.6 Å². The van der Waals surface area contributed by atoms with Crippen molar-refractivity contribution in [2.45, 2.75) is 12.7 Å². The van der Waals surface area contributed by atoms with E-state index in [4.69, 9.17) is 14.2 Å². The van der Waals surface area contributed by atoms with Gasteiger partial charge in [0.25, 0.3) is 0 Å². The van der Waals surface area contributed by atoms with Crippen LogP contribution >= 0.6 is 0 Å². The molecule has 3 heteroatoms. The van der Waals surface area contributed by atoms with E-state index in [0.717, 1.165) is 18.8 Å². The van der Waals surface area contributed by atoms with Gasteiger partial charge < -0.3 is 14.2 Å². The zero-order chi connectivity index (χ0) is 7.40. The van der Waals surface area contributed by atoms with E-state index in [1.165, 1.54) is 0 Å². The van der Waals surface area contributed by atoms with Crippen LogP contribution in [0.5, 0.6) is 0 Å². The molecule has 3 nitrogen and oxygen atoms in total. The van der Waals surface area contributed by atoms with Crippen LogP contribution < -0.4 is 0 Å². The van der Waals surface area contributed by atoms with Gasteiger partial charge in [0.05, 0.1) is 6.61 Å². The molecule has 0 aromatic rings. The molecule has 0 saturated carbocycles. The number of hydrogen-bond acceptors (Lipinski definition) is 3. The SMILES string of the molecule is COC(OC)C1=CCCO1. The van der Waals surface area contributed by atoms with Gasteiger partial charge in [-0.3, -0.25) is 0 Å². The van der Waals surface area contributed by atoms with Gasteiger partial charge in [-0.1, -0.05) is 0 Å². The third-order valence-electron chi connectivity index (χ3n) is 1.39. The van der Waals surface area contributed by atoms with Crippen molar-refractivity contribution >= 4 is 0 Å². The summed E-state index contributed by atoms with van der Waals surface area (Å²) in [6, 6.07) is 0. The number of ether oxygens (including phenoxy) is 3. The summed E-state index contributed by atoms with van der Waals surface area (Å²) in [5.41, 5.74) is 0. The van der Waals surface area contributed by atoms with Gasteiger partial charge in [0, 0.05) is 20.6 Å². The number of hydrogen-bond donors (Lipinski definition) is 0. The topological polar surface area (TPSA) is 27.7 Å². The van der Waals surface area contributed by atoms with E-state index in [0.29, 0.717) is 0 Å². The van der Waals surface area contributed by atoms with Gasteiger partial charge in [-0.15, -0.1) is 0 Å². The molecule has 0 spiro atoms. The van der Waals surface area contributed by atoms with E-state index >= 15 is 0 Å². The summed E-state index contributed by atoms with van der Waals surface area (Å²) in [4.78, 5) is 0. The van der Waals surface area contributed by atoms with Crippen molar-refractivity contribution in [3.05, 3.63) is 11.8 Å². The van der Waals surface area contributed by atoms with Crippen LogP contribution in [-0.2, 0) is 14.2 Å². The molecule has 1 aliphatic rings. The lowest BCUT2D eigenvalue weighted by molar-refractivity contribution is -0.101. The second kappa shape index (κ2) is 3.58. The lowest BCUT2D eigenvalue weighted by Crippen LogP contribution is -2.16. The molecule has 1 rings (SSSR count). The first kappa shape index (κ1) is 7.57. The summed E-state index contributed by atoms with van der Waals surface area (Å²) < 4.78 is 15.1. The minimum Gasteiger partial charge on any atom is -0.493 e. The standard InChI is InChI=1S/C7H12O3/c1-8-7(9-2)6-4-3-5-10-6/h4,7H,3,5H2,1-2H3. The Morgan fingerprint density at radius 1 is 1.50 bits per heavy atom. The minimum atomic E-state index is -0.317. The largest absolute Gasteiger partial charge is 0.493 e. The molecular formula is C7H12O3. The van der Waals surface area contributed by atoms with E-state index < -0.39 is 0 Å². The van der Waals surface area contributed by atoms with Crippen LogP contribution in [0, 0.1) is 0 Å². The van der Waals surface area contributed by atoms with Crippen LogP contribution in [0.25, 0.3) is 0 Å². The Morgan fingerprint density at radius 2 is 2.20 bits per heavy atom. The lowest BCUT2D eigenvalue weighted by Gasteiger charge is -2.13. The molecule has 0 radical (unpaired) electrons. The Hall–Kier alpha value is -0.540. The first-order valence-corrected chi connectivity index (χ1v) is 3.27. The molecule has 1 heterocycles. The van der Waals surface area contributed by atoms with Gasteiger partial charge in [0.2, 0.25) is 6.29 Å². The summed E-state index contributed by atoms with van der Waals surface area (Å²) in [5, 5.41) is 0. The van der Waals surface area contributed by atoms with E-state index in [9.17, 15) is 0 Å². The van der Waals surface area contributed by atoms with Crippen molar-refractivity contribution in [3.8, 4) is 0 Å². The quantitative estimate of drug-likeness (QED) is 0.551. The fourth-order valence-corrected chi connectivity index (χ4v) is 0.930. The number of rotatable bonds is 3. The summed E-state index contributed by atoms with van der Waals surface area (Å²) in [6.07, 6.45) is 2.62. The smallest absolute Gasteiger partial charge is 0.215 e. The van der Waals surface area contributed by atoms with Crippen LogP contribution in [0.3, 0.4) is 0 Å². The summed E-state index contributed by atoms with van der Waals surface area (Å²) in [5.74, 6) is 0.796. The molecule has 58 valence electrons.